The van der Waals surface area contributed by atoms with Gasteiger partial charge in [0.1, 0.15) is 17.3 Å². The van der Waals surface area contributed by atoms with Crippen molar-refractivity contribution in [1.29, 1.82) is 0 Å². The zero-order valence-electron chi connectivity index (χ0n) is 16.1. The van der Waals surface area contributed by atoms with Crippen LogP contribution in [-0.2, 0) is 9.59 Å². The number of methoxy groups -OCH3 is 2. The minimum Gasteiger partial charge on any atom is -0.507 e. The molecule has 0 bridgehead atoms. The zero-order chi connectivity index (χ0) is 20.3. The molecular formula is C22H23NO5. The summed E-state index contributed by atoms with van der Waals surface area (Å²) < 4.78 is 10.4. The summed E-state index contributed by atoms with van der Waals surface area (Å²) in [6.45, 7) is 2.34. The van der Waals surface area contributed by atoms with Gasteiger partial charge >= 0.3 is 0 Å². The first-order valence-electron chi connectivity index (χ1n) is 9.08. The topological polar surface area (TPSA) is 76.1 Å². The molecule has 0 aliphatic carbocycles. The van der Waals surface area contributed by atoms with Crippen molar-refractivity contribution in [2.45, 2.75) is 19.4 Å². The lowest BCUT2D eigenvalue weighted by molar-refractivity contribution is -0.139. The number of rotatable bonds is 6. The van der Waals surface area contributed by atoms with E-state index in [9.17, 15) is 14.7 Å². The predicted octanol–water partition coefficient (Wildman–Crippen LogP) is 3.54. The first kappa shape index (κ1) is 19.5. The van der Waals surface area contributed by atoms with Crippen LogP contribution in [0.3, 0.4) is 0 Å². The summed E-state index contributed by atoms with van der Waals surface area (Å²) in [6.07, 6.45) is 0.691. The number of benzene rings is 2. The normalized spacial score (nSPS) is 18.4. The maximum Gasteiger partial charge on any atom is 0.295 e. The van der Waals surface area contributed by atoms with E-state index in [2.05, 4.69) is 0 Å². The lowest BCUT2D eigenvalue weighted by Crippen LogP contribution is -2.30. The molecule has 1 aliphatic rings. The van der Waals surface area contributed by atoms with Crippen LogP contribution in [0.2, 0.25) is 0 Å². The molecule has 1 atom stereocenters. The van der Waals surface area contributed by atoms with Crippen LogP contribution in [0.25, 0.3) is 5.76 Å². The van der Waals surface area contributed by atoms with E-state index in [0.29, 0.717) is 35.6 Å². The Morgan fingerprint density at radius 3 is 2.32 bits per heavy atom. The number of carbonyl (C=O) groups is 2. The van der Waals surface area contributed by atoms with Gasteiger partial charge in [-0.3, -0.25) is 9.59 Å². The van der Waals surface area contributed by atoms with E-state index in [0.717, 1.165) is 0 Å². The number of carbonyl (C=O) groups excluding carboxylic acids is 2. The second-order valence-corrected chi connectivity index (χ2v) is 6.50. The molecule has 0 spiro atoms. The molecule has 0 saturated carbocycles. The van der Waals surface area contributed by atoms with Crippen molar-refractivity contribution in [2.75, 3.05) is 20.8 Å². The van der Waals surface area contributed by atoms with Gasteiger partial charge in [-0.15, -0.1) is 0 Å². The third kappa shape index (κ3) is 3.45. The fourth-order valence-corrected chi connectivity index (χ4v) is 3.41. The summed E-state index contributed by atoms with van der Waals surface area (Å²) in [4.78, 5) is 27.0. The number of likely N-dealkylation sites (tertiary alicyclic amines) is 1. The van der Waals surface area contributed by atoms with Crippen molar-refractivity contribution in [2.24, 2.45) is 0 Å². The van der Waals surface area contributed by atoms with E-state index in [-0.39, 0.29) is 11.3 Å². The number of aliphatic hydroxyl groups excluding tert-OH is 1. The molecule has 0 aromatic heterocycles. The third-order valence-corrected chi connectivity index (χ3v) is 4.78. The van der Waals surface area contributed by atoms with Crippen molar-refractivity contribution >= 4 is 17.4 Å². The van der Waals surface area contributed by atoms with Gasteiger partial charge < -0.3 is 19.5 Å². The smallest absolute Gasteiger partial charge is 0.295 e. The van der Waals surface area contributed by atoms with E-state index in [4.69, 9.17) is 9.47 Å². The largest absolute Gasteiger partial charge is 0.507 e. The minimum absolute atomic E-state index is 0.0804. The summed E-state index contributed by atoms with van der Waals surface area (Å²) in [5.41, 5.74) is 1.24. The Kier molecular flexibility index (Phi) is 5.68. The number of hydrogen-bond donors (Lipinski definition) is 1. The number of ether oxygens (including phenoxy) is 2. The highest BCUT2D eigenvalue weighted by Gasteiger charge is 2.45. The number of amides is 1. The number of hydrogen-bond acceptors (Lipinski definition) is 5. The number of aliphatic hydroxyl groups is 1. The molecule has 2 aromatic carbocycles. The predicted molar refractivity (Wildman–Crippen MR) is 105 cm³/mol. The molecule has 1 N–H and O–H groups in total. The Hall–Kier alpha value is -3.28. The van der Waals surface area contributed by atoms with Crippen molar-refractivity contribution < 1.29 is 24.2 Å². The second kappa shape index (κ2) is 8.17. The summed E-state index contributed by atoms with van der Waals surface area (Å²) in [7, 11) is 3.10. The van der Waals surface area contributed by atoms with Crippen LogP contribution in [0, 0.1) is 0 Å². The number of Topliss-reactive ketones (excluding diaryl/α,β-unsaturated/α-hetero) is 1. The van der Waals surface area contributed by atoms with E-state index >= 15 is 0 Å². The summed E-state index contributed by atoms with van der Waals surface area (Å²) in [5.74, 6) is -0.247. The van der Waals surface area contributed by atoms with Gasteiger partial charge in [-0.05, 0) is 48.4 Å². The van der Waals surface area contributed by atoms with Crippen LogP contribution in [0.5, 0.6) is 11.5 Å². The third-order valence-electron chi connectivity index (χ3n) is 4.78. The zero-order valence-corrected chi connectivity index (χ0v) is 16.1. The molecule has 6 nitrogen and oxygen atoms in total. The Bertz CT molecular complexity index is 917. The molecule has 3 rings (SSSR count). The van der Waals surface area contributed by atoms with Gasteiger partial charge in [0.15, 0.2) is 0 Å². The summed E-state index contributed by atoms with van der Waals surface area (Å²) >= 11 is 0. The first-order chi connectivity index (χ1) is 13.5. The molecule has 2 aromatic rings. The van der Waals surface area contributed by atoms with Crippen LogP contribution in [0.4, 0.5) is 0 Å². The Morgan fingerprint density at radius 1 is 1.04 bits per heavy atom. The molecule has 1 amide bonds. The molecule has 0 radical (unpaired) electrons. The quantitative estimate of drug-likeness (QED) is 0.471. The average Bonchev–Trinajstić information content (AvgIpc) is 2.98. The molecular weight excluding hydrogens is 358 g/mol. The van der Waals surface area contributed by atoms with Gasteiger partial charge in [-0.1, -0.05) is 19.1 Å². The van der Waals surface area contributed by atoms with Gasteiger partial charge in [0, 0.05) is 12.1 Å². The van der Waals surface area contributed by atoms with E-state index in [1.807, 2.05) is 13.0 Å². The Balaban J connectivity index is 2.16. The summed E-state index contributed by atoms with van der Waals surface area (Å²) in [6, 6.07) is 13.2. The van der Waals surface area contributed by atoms with Crippen molar-refractivity contribution in [3.8, 4) is 11.5 Å². The van der Waals surface area contributed by atoms with Crippen LogP contribution >= 0.6 is 0 Å². The van der Waals surface area contributed by atoms with Crippen LogP contribution in [0.1, 0.15) is 30.5 Å². The minimum atomic E-state index is -0.686. The van der Waals surface area contributed by atoms with E-state index in [1.54, 1.807) is 56.7 Å². The lowest BCUT2D eigenvalue weighted by atomic mass is 9.95. The molecule has 1 heterocycles. The standard InChI is InChI=1S/C22H23NO5/c1-4-12-23-19(15-6-5-7-17(13-15)28-3)18(21(25)22(23)26)20(24)14-8-10-16(27-2)11-9-14/h5-11,13,19,24H,4,12H2,1-3H3/b20-18-. The number of nitrogens with zero attached hydrogens (tertiary/aromatic N) is 1. The van der Waals surface area contributed by atoms with Gasteiger partial charge in [0.05, 0.1) is 25.8 Å². The average molecular weight is 381 g/mol. The van der Waals surface area contributed by atoms with E-state index < -0.39 is 17.7 Å². The van der Waals surface area contributed by atoms with Crippen molar-refractivity contribution in [1.82, 2.24) is 4.90 Å². The fourth-order valence-electron chi connectivity index (χ4n) is 3.41. The summed E-state index contributed by atoms with van der Waals surface area (Å²) in [5, 5.41) is 10.9. The van der Waals surface area contributed by atoms with Gasteiger partial charge in [0.2, 0.25) is 0 Å². The van der Waals surface area contributed by atoms with Gasteiger partial charge in [-0.2, -0.15) is 0 Å². The highest BCUT2D eigenvalue weighted by atomic mass is 16.5. The monoisotopic (exact) mass is 381 g/mol. The molecule has 1 fully saturated rings. The van der Waals surface area contributed by atoms with Crippen LogP contribution < -0.4 is 9.47 Å². The molecule has 28 heavy (non-hydrogen) atoms. The van der Waals surface area contributed by atoms with E-state index in [1.165, 1.54) is 4.90 Å². The molecule has 1 saturated heterocycles. The Morgan fingerprint density at radius 2 is 1.71 bits per heavy atom. The van der Waals surface area contributed by atoms with Gasteiger partial charge in [0.25, 0.3) is 11.7 Å². The fraction of sp³-hybridized carbons (Fsp3) is 0.273. The molecule has 1 aliphatic heterocycles. The molecule has 146 valence electrons. The van der Waals surface area contributed by atoms with Gasteiger partial charge in [-0.25, -0.2) is 0 Å². The highest BCUT2D eigenvalue weighted by Crippen LogP contribution is 2.40. The lowest BCUT2D eigenvalue weighted by Gasteiger charge is -2.25. The second-order valence-electron chi connectivity index (χ2n) is 6.50. The van der Waals surface area contributed by atoms with Crippen molar-refractivity contribution in [3.05, 3.63) is 65.2 Å². The van der Waals surface area contributed by atoms with Crippen LogP contribution in [0.15, 0.2) is 54.1 Å². The Labute approximate surface area is 164 Å². The number of ketones is 1. The SMILES string of the molecule is CCCN1C(=O)C(=O)/C(=C(\O)c2ccc(OC)cc2)C1c1cccc(OC)c1. The maximum absolute atomic E-state index is 12.8. The van der Waals surface area contributed by atoms with Crippen molar-refractivity contribution in [3.63, 3.8) is 0 Å². The highest BCUT2D eigenvalue weighted by molar-refractivity contribution is 6.46. The maximum atomic E-state index is 12.8. The molecule has 6 heteroatoms. The first-order valence-corrected chi connectivity index (χ1v) is 9.08. The van der Waals surface area contributed by atoms with Crippen LogP contribution in [-0.4, -0.2) is 42.5 Å². The molecule has 1 unspecified atom stereocenters.